The number of aromatic amines is 1. The zero-order valence-electron chi connectivity index (χ0n) is 12.2. The molecule has 0 atom stereocenters. The van der Waals surface area contributed by atoms with Crippen LogP contribution in [0.3, 0.4) is 0 Å². The number of terminal acetylenes is 1. The minimum absolute atomic E-state index is 0.0608. The fourth-order valence-electron chi connectivity index (χ4n) is 1.91. The van der Waals surface area contributed by atoms with E-state index >= 15 is 0 Å². The average Bonchev–Trinajstić information content (AvgIpc) is 2.78. The second-order valence-corrected chi connectivity index (χ2v) is 6.31. The van der Waals surface area contributed by atoms with Crippen LogP contribution in [0.5, 0.6) is 0 Å². The second-order valence-electron chi connectivity index (χ2n) is 4.44. The van der Waals surface area contributed by atoms with Gasteiger partial charge in [-0.15, -0.1) is 6.42 Å². The molecule has 0 aliphatic rings. The second kappa shape index (κ2) is 7.43. The molecule has 0 spiro atoms. The molecule has 2 N–H and O–H groups in total. The molecule has 0 amide bonds. The van der Waals surface area contributed by atoms with Crippen LogP contribution in [0.2, 0.25) is 0 Å². The summed E-state index contributed by atoms with van der Waals surface area (Å²) in [4.78, 5) is 0.234. The van der Waals surface area contributed by atoms with Crippen molar-refractivity contribution in [3.63, 3.8) is 0 Å². The van der Waals surface area contributed by atoms with Gasteiger partial charge in [-0.25, -0.2) is 8.42 Å². The Balaban J connectivity index is 3.11. The number of sulfonamides is 1. The smallest absolute Gasteiger partial charge is 0.247 e. The van der Waals surface area contributed by atoms with E-state index in [2.05, 4.69) is 21.4 Å². The summed E-state index contributed by atoms with van der Waals surface area (Å²) in [6.45, 7) is 7.14. The van der Waals surface area contributed by atoms with Crippen LogP contribution in [0.15, 0.2) is 4.90 Å². The highest BCUT2D eigenvalue weighted by molar-refractivity contribution is 7.89. The average molecular weight is 298 g/mol. The number of H-pyrrole nitrogens is 1. The number of nitrogens with zero attached hydrogens (tertiary/aromatic N) is 2. The lowest BCUT2D eigenvalue weighted by atomic mass is 10.3. The van der Waals surface area contributed by atoms with Gasteiger partial charge in [-0.3, -0.25) is 5.10 Å². The molecule has 0 aliphatic heterocycles. The molecule has 0 bridgehead atoms. The molecule has 1 rings (SSSR count). The summed E-state index contributed by atoms with van der Waals surface area (Å²) in [6.07, 6.45) is 6.21. The van der Waals surface area contributed by atoms with Gasteiger partial charge < -0.3 is 5.32 Å². The van der Waals surface area contributed by atoms with Gasteiger partial charge in [0.1, 0.15) is 4.90 Å². The Morgan fingerprint density at radius 2 is 2.15 bits per heavy atom. The van der Waals surface area contributed by atoms with E-state index in [0.717, 1.165) is 13.0 Å². The zero-order chi connectivity index (χ0) is 15.2. The maximum Gasteiger partial charge on any atom is 0.247 e. The molecule has 20 heavy (non-hydrogen) atoms. The van der Waals surface area contributed by atoms with Crippen LogP contribution >= 0.6 is 0 Å². The summed E-state index contributed by atoms with van der Waals surface area (Å²) >= 11 is 0. The van der Waals surface area contributed by atoms with Crippen molar-refractivity contribution < 1.29 is 8.42 Å². The minimum Gasteiger partial charge on any atom is -0.311 e. The highest BCUT2D eigenvalue weighted by atomic mass is 32.2. The molecule has 0 saturated heterocycles. The van der Waals surface area contributed by atoms with E-state index in [1.54, 1.807) is 13.8 Å². The predicted octanol–water partition coefficient (Wildman–Crippen LogP) is 0.862. The van der Waals surface area contributed by atoms with Crippen LogP contribution in [-0.4, -0.2) is 42.6 Å². The molecule has 0 saturated carbocycles. The topological polar surface area (TPSA) is 78.1 Å². The predicted molar refractivity (Wildman–Crippen MR) is 78.6 cm³/mol. The van der Waals surface area contributed by atoms with Crippen molar-refractivity contribution in [2.45, 2.75) is 38.6 Å². The van der Waals surface area contributed by atoms with E-state index in [1.165, 1.54) is 4.31 Å². The summed E-state index contributed by atoms with van der Waals surface area (Å²) in [5.74, 6) is 2.38. The molecule has 1 aromatic heterocycles. The largest absolute Gasteiger partial charge is 0.311 e. The summed E-state index contributed by atoms with van der Waals surface area (Å²) in [6, 6.07) is 0. The Hall–Kier alpha value is -1.36. The Labute approximate surface area is 121 Å². The van der Waals surface area contributed by atoms with Crippen LogP contribution in [-0.2, 0) is 16.6 Å². The van der Waals surface area contributed by atoms with Gasteiger partial charge in [0.2, 0.25) is 10.0 Å². The number of hydrogen-bond donors (Lipinski definition) is 2. The third-order valence-electron chi connectivity index (χ3n) is 2.90. The van der Waals surface area contributed by atoms with Crippen molar-refractivity contribution >= 4 is 10.0 Å². The Bertz CT molecular complexity index is 572. The van der Waals surface area contributed by atoms with E-state index in [1.807, 2.05) is 6.92 Å². The lowest BCUT2D eigenvalue weighted by Crippen LogP contribution is -2.32. The van der Waals surface area contributed by atoms with Crippen molar-refractivity contribution in [3.8, 4) is 12.3 Å². The third kappa shape index (κ3) is 3.60. The van der Waals surface area contributed by atoms with Crippen molar-refractivity contribution in [2.75, 3.05) is 19.6 Å². The van der Waals surface area contributed by atoms with Crippen LogP contribution in [0.4, 0.5) is 0 Å². The summed E-state index contributed by atoms with van der Waals surface area (Å²) in [5.41, 5.74) is 1.04. The first-order valence-corrected chi connectivity index (χ1v) is 8.11. The van der Waals surface area contributed by atoms with Crippen molar-refractivity contribution in [1.82, 2.24) is 19.8 Å². The first-order chi connectivity index (χ1) is 9.48. The maximum atomic E-state index is 12.6. The van der Waals surface area contributed by atoms with Gasteiger partial charge in [0, 0.05) is 13.1 Å². The Morgan fingerprint density at radius 1 is 1.45 bits per heavy atom. The molecule has 0 radical (unpaired) electrons. The van der Waals surface area contributed by atoms with E-state index in [9.17, 15) is 8.42 Å². The molecule has 0 fully saturated rings. The monoisotopic (exact) mass is 298 g/mol. The molecule has 7 heteroatoms. The lowest BCUT2D eigenvalue weighted by molar-refractivity contribution is 0.462. The molecule has 1 heterocycles. The van der Waals surface area contributed by atoms with E-state index < -0.39 is 10.0 Å². The normalized spacial score (nSPS) is 11.8. The molecule has 6 nitrogen and oxygen atoms in total. The zero-order valence-corrected chi connectivity index (χ0v) is 13.0. The van der Waals surface area contributed by atoms with E-state index in [0.29, 0.717) is 24.5 Å². The quantitative estimate of drug-likeness (QED) is 0.551. The fourth-order valence-corrected chi connectivity index (χ4v) is 3.60. The number of aromatic nitrogens is 2. The van der Waals surface area contributed by atoms with Crippen molar-refractivity contribution in [1.29, 1.82) is 0 Å². The number of hydrogen-bond acceptors (Lipinski definition) is 4. The molecule has 0 aromatic carbocycles. The van der Waals surface area contributed by atoms with Crippen LogP contribution in [0, 0.1) is 19.3 Å². The number of nitrogens with one attached hydrogen (secondary N) is 2. The molecule has 0 aliphatic carbocycles. The van der Waals surface area contributed by atoms with E-state index in [-0.39, 0.29) is 11.4 Å². The van der Waals surface area contributed by atoms with Crippen LogP contribution in [0.1, 0.15) is 31.7 Å². The first-order valence-electron chi connectivity index (χ1n) is 6.67. The van der Waals surface area contributed by atoms with Gasteiger partial charge in [0.25, 0.3) is 0 Å². The fraction of sp³-hybridized carbons (Fsp3) is 0.615. The van der Waals surface area contributed by atoms with Gasteiger partial charge in [-0.05, 0) is 19.9 Å². The molecule has 112 valence electrons. The van der Waals surface area contributed by atoms with Gasteiger partial charge in [0.05, 0.1) is 17.9 Å². The first kappa shape index (κ1) is 16.7. The van der Waals surface area contributed by atoms with Gasteiger partial charge >= 0.3 is 0 Å². The summed E-state index contributed by atoms with van der Waals surface area (Å²) in [5, 5.41) is 9.99. The van der Waals surface area contributed by atoms with Crippen molar-refractivity contribution in [3.05, 3.63) is 11.4 Å². The maximum absolute atomic E-state index is 12.6. The molecular formula is C13H22N4O2S. The third-order valence-corrected chi connectivity index (χ3v) is 5.02. The summed E-state index contributed by atoms with van der Waals surface area (Å²) in [7, 11) is -3.61. The van der Waals surface area contributed by atoms with E-state index in [4.69, 9.17) is 6.42 Å². The number of aryl methyl sites for hydroxylation is 1. The molecule has 0 unspecified atom stereocenters. The molecule has 1 aromatic rings. The highest BCUT2D eigenvalue weighted by Gasteiger charge is 2.29. The summed E-state index contributed by atoms with van der Waals surface area (Å²) < 4.78 is 26.5. The van der Waals surface area contributed by atoms with Crippen LogP contribution in [0.25, 0.3) is 0 Å². The van der Waals surface area contributed by atoms with Crippen LogP contribution < -0.4 is 5.32 Å². The van der Waals surface area contributed by atoms with Gasteiger partial charge in [0.15, 0.2) is 0 Å². The van der Waals surface area contributed by atoms with Gasteiger partial charge in [-0.1, -0.05) is 19.8 Å². The molecular weight excluding hydrogens is 276 g/mol. The Kier molecular flexibility index (Phi) is 6.20. The van der Waals surface area contributed by atoms with Crippen molar-refractivity contribution in [2.24, 2.45) is 0 Å². The number of rotatable bonds is 8. The minimum atomic E-state index is -3.61. The van der Waals surface area contributed by atoms with Gasteiger partial charge in [-0.2, -0.15) is 9.40 Å². The SMILES string of the molecule is C#CCN(CC)S(=O)(=O)c1c(CNCCC)n[nH]c1C. The standard InChI is InChI=1S/C13H22N4O2S/c1-5-8-14-10-12-13(11(4)15-16-12)20(18,19)17(7-3)9-6-2/h2,14H,5,7-10H2,1,3-4H3,(H,15,16). The lowest BCUT2D eigenvalue weighted by Gasteiger charge is -2.18. The highest BCUT2D eigenvalue weighted by Crippen LogP contribution is 2.21. The Morgan fingerprint density at radius 3 is 2.70 bits per heavy atom.